The molecule has 2 saturated heterocycles. The minimum absolute atomic E-state index is 0.0797. The number of carbonyl (C=O) groups is 2. The van der Waals surface area contributed by atoms with E-state index >= 15 is 0 Å². The largest absolute Gasteiger partial charge is 0.481 e. The number of benzene rings is 1. The van der Waals surface area contributed by atoms with Crippen molar-refractivity contribution in [2.45, 2.75) is 12.8 Å². The molecule has 2 aliphatic heterocycles. The molecular weight excluding hydrogens is 289 g/mol. The molecule has 2 fully saturated rings. The molecule has 2 heterocycles. The van der Waals surface area contributed by atoms with Crippen molar-refractivity contribution in [3.05, 3.63) is 35.6 Å². The lowest BCUT2D eigenvalue weighted by Gasteiger charge is -2.39. The van der Waals surface area contributed by atoms with Crippen molar-refractivity contribution in [3.8, 4) is 0 Å². The molecule has 0 unspecified atom stereocenters. The number of rotatable bonds is 3. The first-order valence-electron chi connectivity index (χ1n) is 7.26. The Morgan fingerprint density at radius 1 is 1.36 bits per heavy atom. The Balaban J connectivity index is 1.84. The van der Waals surface area contributed by atoms with Crippen LogP contribution in [0.1, 0.15) is 18.4 Å². The van der Waals surface area contributed by atoms with Gasteiger partial charge in [0.1, 0.15) is 5.82 Å². The Bertz CT molecular complexity index is 614. The van der Waals surface area contributed by atoms with Gasteiger partial charge in [0.25, 0.3) is 0 Å². The van der Waals surface area contributed by atoms with Crippen molar-refractivity contribution >= 4 is 11.9 Å². The highest BCUT2D eigenvalue weighted by molar-refractivity contribution is 5.85. The van der Waals surface area contributed by atoms with Gasteiger partial charge in [0.2, 0.25) is 5.91 Å². The third-order valence-electron chi connectivity index (χ3n) is 4.56. The summed E-state index contributed by atoms with van der Waals surface area (Å²) in [6, 6.07) is 5.95. The van der Waals surface area contributed by atoms with E-state index in [2.05, 4.69) is 0 Å². The van der Waals surface area contributed by atoms with Crippen LogP contribution in [0.4, 0.5) is 4.39 Å². The van der Waals surface area contributed by atoms with Gasteiger partial charge in [0.15, 0.2) is 0 Å². The van der Waals surface area contributed by atoms with E-state index < -0.39 is 23.1 Å². The third kappa shape index (κ3) is 2.47. The Morgan fingerprint density at radius 2 is 2.09 bits per heavy atom. The van der Waals surface area contributed by atoms with E-state index in [0.29, 0.717) is 25.3 Å². The Labute approximate surface area is 127 Å². The fraction of sp³-hybridized carbons (Fsp3) is 0.500. The van der Waals surface area contributed by atoms with Crippen molar-refractivity contribution in [3.63, 3.8) is 0 Å². The number of nitrogens with zero attached hydrogens (tertiary/aromatic N) is 1. The van der Waals surface area contributed by atoms with Crippen LogP contribution in [-0.4, -0.2) is 48.2 Å². The van der Waals surface area contributed by atoms with E-state index in [1.165, 1.54) is 12.1 Å². The van der Waals surface area contributed by atoms with Crippen LogP contribution in [0.2, 0.25) is 0 Å². The maximum atomic E-state index is 13.4. The predicted octanol–water partition coefficient (Wildman–Crippen LogP) is 1.49. The summed E-state index contributed by atoms with van der Waals surface area (Å²) in [6.07, 6.45) is 0. The van der Waals surface area contributed by atoms with Crippen LogP contribution in [0.3, 0.4) is 0 Å². The molecule has 5 nitrogen and oxygen atoms in total. The van der Waals surface area contributed by atoms with E-state index in [0.717, 1.165) is 0 Å². The highest BCUT2D eigenvalue weighted by Gasteiger charge is 2.48. The molecule has 0 bridgehead atoms. The number of carboxylic acids is 1. The first-order chi connectivity index (χ1) is 10.4. The summed E-state index contributed by atoms with van der Waals surface area (Å²) >= 11 is 0. The molecule has 1 aromatic rings. The predicted molar refractivity (Wildman–Crippen MR) is 75.8 cm³/mol. The van der Waals surface area contributed by atoms with Crippen LogP contribution in [0.25, 0.3) is 0 Å². The van der Waals surface area contributed by atoms with Crippen molar-refractivity contribution in [2.24, 2.45) is 11.3 Å². The molecule has 3 rings (SSSR count). The van der Waals surface area contributed by atoms with Crippen LogP contribution in [-0.2, 0) is 14.3 Å². The standard InChI is InChI=1S/C16H18FNO4/c1-16(8-22-9-16)15(21)18-6-12(13(7-18)14(19)20)10-3-2-4-11(17)5-10/h2-5,12-13H,6-9H2,1H3,(H,19,20)/t12-,13+/m0/s1. The number of likely N-dealkylation sites (tertiary alicyclic amines) is 1. The maximum Gasteiger partial charge on any atom is 0.308 e. The highest BCUT2D eigenvalue weighted by atomic mass is 19.1. The highest BCUT2D eigenvalue weighted by Crippen LogP contribution is 2.37. The number of hydrogen-bond donors (Lipinski definition) is 1. The van der Waals surface area contributed by atoms with E-state index in [1.54, 1.807) is 17.0 Å². The molecule has 118 valence electrons. The zero-order valence-electron chi connectivity index (χ0n) is 12.3. The average Bonchev–Trinajstić information content (AvgIpc) is 2.89. The monoisotopic (exact) mass is 307 g/mol. The number of hydrogen-bond acceptors (Lipinski definition) is 3. The first kappa shape index (κ1) is 15.0. The van der Waals surface area contributed by atoms with Gasteiger partial charge in [-0.15, -0.1) is 0 Å². The van der Waals surface area contributed by atoms with Gasteiger partial charge in [0.05, 0.1) is 24.5 Å². The van der Waals surface area contributed by atoms with Gasteiger partial charge in [-0.1, -0.05) is 12.1 Å². The van der Waals surface area contributed by atoms with Crippen molar-refractivity contribution in [1.82, 2.24) is 4.90 Å². The van der Waals surface area contributed by atoms with Crippen molar-refractivity contribution < 1.29 is 23.8 Å². The van der Waals surface area contributed by atoms with Gasteiger partial charge in [-0.25, -0.2) is 4.39 Å². The second-order valence-electron chi connectivity index (χ2n) is 6.37. The summed E-state index contributed by atoms with van der Waals surface area (Å²) in [6.45, 7) is 3.01. The molecule has 2 aliphatic rings. The van der Waals surface area contributed by atoms with Crippen molar-refractivity contribution in [1.29, 1.82) is 0 Å². The smallest absolute Gasteiger partial charge is 0.308 e. The van der Waals surface area contributed by atoms with E-state index in [9.17, 15) is 19.1 Å². The number of halogens is 1. The van der Waals surface area contributed by atoms with Gasteiger partial charge >= 0.3 is 5.97 Å². The molecule has 22 heavy (non-hydrogen) atoms. The van der Waals surface area contributed by atoms with Crippen LogP contribution in [0, 0.1) is 17.2 Å². The molecule has 0 radical (unpaired) electrons. The molecule has 1 aromatic carbocycles. The minimum atomic E-state index is -0.959. The molecular formula is C16H18FNO4. The topological polar surface area (TPSA) is 66.8 Å². The van der Waals surface area contributed by atoms with Crippen LogP contribution < -0.4 is 0 Å². The van der Waals surface area contributed by atoms with Crippen LogP contribution >= 0.6 is 0 Å². The average molecular weight is 307 g/mol. The number of amides is 1. The lowest BCUT2D eigenvalue weighted by atomic mass is 9.87. The summed E-state index contributed by atoms with van der Waals surface area (Å²) in [5.41, 5.74) is 0.0672. The molecule has 0 aromatic heterocycles. The number of carboxylic acid groups (broad SMARTS) is 1. The Morgan fingerprint density at radius 3 is 2.64 bits per heavy atom. The molecule has 1 N–H and O–H groups in total. The van der Waals surface area contributed by atoms with Gasteiger partial charge < -0.3 is 14.7 Å². The van der Waals surface area contributed by atoms with E-state index in [-0.39, 0.29) is 18.4 Å². The van der Waals surface area contributed by atoms with Gasteiger partial charge in [-0.3, -0.25) is 9.59 Å². The quantitative estimate of drug-likeness (QED) is 0.919. The molecule has 0 saturated carbocycles. The summed E-state index contributed by atoms with van der Waals surface area (Å²) < 4.78 is 18.5. The number of ether oxygens (including phenoxy) is 1. The summed E-state index contributed by atoms with van der Waals surface area (Å²) in [5.74, 6) is -2.54. The van der Waals surface area contributed by atoms with Gasteiger partial charge in [-0.2, -0.15) is 0 Å². The lowest BCUT2D eigenvalue weighted by molar-refractivity contribution is -0.167. The first-order valence-corrected chi connectivity index (χ1v) is 7.26. The second-order valence-corrected chi connectivity index (χ2v) is 6.37. The van der Waals surface area contributed by atoms with Crippen molar-refractivity contribution in [2.75, 3.05) is 26.3 Å². The molecule has 1 amide bonds. The molecule has 6 heteroatoms. The summed E-state index contributed by atoms with van der Waals surface area (Å²) in [4.78, 5) is 25.6. The number of aliphatic carboxylic acids is 1. The molecule has 0 spiro atoms. The molecule has 0 aliphatic carbocycles. The SMILES string of the molecule is CC1(C(=O)N2C[C@@H](C(=O)O)[C@H](c3cccc(F)c3)C2)COC1. The second kappa shape index (κ2) is 5.35. The maximum absolute atomic E-state index is 13.4. The zero-order valence-corrected chi connectivity index (χ0v) is 12.3. The van der Waals surface area contributed by atoms with E-state index in [4.69, 9.17) is 4.74 Å². The van der Waals surface area contributed by atoms with Gasteiger partial charge in [0, 0.05) is 19.0 Å². The fourth-order valence-corrected chi connectivity index (χ4v) is 3.21. The normalized spacial score (nSPS) is 26.5. The summed E-state index contributed by atoms with van der Waals surface area (Å²) in [7, 11) is 0. The van der Waals surface area contributed by atoms with Crippen LogP contribution in [0.5, 0.6) is 0 Å². The minimum Gasteiger partial charge on any atom is -0.481 e. The van der Waals surface area contributed by atoms with Gasteiger partial charge in [-0.05, 0) is 24.6 Å². The lowest BCUT2D eigenvalue weighted by Crippen LogP contribution is -2.53. The fourth-order valence-electron chi connectivity index (χ4n) is 3.21. The third-order valence-corrected chi connectivity index (χ3v) is 4.56. The molecule has 2 atom stereocenters. The van der Waals surface area contributed by atoms with Crippen LogP contribution in [0.15, 0.2) is 24.3 Å². The Kier molecular flexibility index (Phi) is 3.64. The zero-order chi connectivity index (χ0) is 15.9. The van der Waals surface area contributed by atoms with E-state index in [1.807, 2.05) is 6.92 Å². The number of carbonyl (C=O) groups excluding carboxylic acids is 1. The Hall–Kier alpha value is -1.95. The summed E-state index contributed by atoms with van der Waals surface area (Å²) in [5, 5.41) is 9.43.